The average molecular weight is 555 g/mol. The van der Waals surface area contributed by atoms with Crippen LogP contribution in [-0.2, 0) is 11.2 Å². The third kappa shape index (κ3) is 6.04. The van der Waals surface area contributed by atoms with Gasteiger partial charge in [0.25, 0.3) is 12.3 Å². The minimum absolute atomic E-state index is 0.00405. The number of halogens is 2. The number of aromatic nitrogens is 5. The first-order valence-electron chi connectivity index (χ1n) is 11.4. The fourth-order valence-electron chi connectivity index (χ4n) is 3.46. The summed E-state index contributed by atoms with van der Waals surface area (Å²) in [7, 11) is 4.55. The highest BCUT2D eigenvalue weighted by atomic mass is 32.1. The van der Waals surface area contributed by atoms with E-state index in [0.29, 0.717) is 5.01 Å². The first-order valence-corrected chi connectivity index (χ1v) is 12.2. The van der Waals surface area contributed by atoms with Gasteiger partial charge in [0, 0.05) is 31.3 Å². The molecule has 0 aliphatic rings. The summed E-state index contributed by atoms with van der Waals surface area (Å²) in [6.07, 6.45) is 2.37. The van der Waals surface area contributed by atoms with Gasteiger partial charge in [0.05, 0.1) is 25.8 Å². The van der Waals surface area contributed by atoms with Gasteiger partial charge in [-0.25, -0.2) is 13.6 Å². The van der Waals surface area contributed by atoms with Crippen molar-refractivity contribution in [2.24, 2.45) is 0 Å². The molecule has 1 N–H and O–H groups in total. The number of methoxy groups -OCH3 is 1. The van der Waals surface area contributed by atoms with Gasteiger partial charge in [0.2, 0.25) is 17.2 Å². The molecule has 4 heterocycles. The fourth-order valence-corrected chi connectivity index (χ4v) is 4.18. The van der Waals surface area contributed by atoms with Crippen molar-refractivity contribution in [2.45, 2.75) is 19.8 Å². The molecular weight excluding hydrogens is 532 g/mol. The molecule has 2 amide bonds. The summed E-state index contributed by atoms with van der Waals surface area (Å²) in [6.45, 7) is 1.76. The van der Waals surface area contributed by atoms with Crippen LogP contribution in [0.25, 0.3) is 16.9 Å². The molecule has 0 unspecified atom stereocenters. The van der Waals surface area contributed by atoms with Gasteiger partial charge in [0.1, 0.15) is 28.2 Å². The minimum Gasteiger partial charge on any atom is -0.494 e. The quantitative estimate of drug-likeness (QED) is 0.351. The molecule has 0 aliphatic carbocycles. The van der Waals surface area contributed by atoms with Crippen molar-refractivity contribution >= 4 is 28.3 Å². The number of nitrogens with one attached hydrogen (secondary N) is 1. The molecule has 0 saturated heterocycles. The molecule has 11 nitrogen and oxygen atoms in total. The van der Waals surface area contributed by atoms with Gasteiger partial charge in [-0.3, -0.25) is 19.9 Å². The Kier molecular flexibility index (Phi) is 7.91. The lowest BCUT2D eigenvalue weighted by Crippen LogP contribution is -2.23. The molecule has 0 aromatic carbocycles. The van der Waals surface area contributed by atoms with Crippen molar-refractivity contribution in [1.82, 2.24) is 24.6 Å². The lowest BCUT2D eigenvalue weighted by Gasteiger charge is -2.11. The van der Waals surface area contributed by atoms with Crippen LogP contribution in [0.15, 0.2) is 41.5 Å². The topological polar surface area (TPSA) is 133 Å². The molecule has 4 rings (SSSR count). The monoisotopic (exact) mass is 554 g/mol. The van der Waals surface area contributed by atoms with Gasteiger partial charge in [-0.15, -0.1) is 10.2 Å². The van der Waals surface area contributed by atoms with Gasteiger partial charge in [0.15, 0.2) is 0 Å². The van der Waals surface area contributed by atoms with Gasteiger partial charge >= 0.3 is 11.4 Å². The maximum atomic E-state index is 13.5. The number of alkyl halides is 2. The van der Waals surface area contributed by atoms with Crippen LogP contribution in [0.4, 0.5) is 13.9 Å². The molecular formula is C25H22F2N7O4S+. The highest BCUT2D eigenvalue weighted by molar-refractivity contribution is 7.15. The Morgan fingerprint density at radius 3 is 2.67 bits per heavy atom. The largest absolute Gasteiger partial charge is 0.494 e. The van der Waals surface area contributed by atoms with E-state index in [1.807, 2.05) is 0 Å². The number of carbonyl (C=O) groups is 2. The highest BCUT2D eigenvalue weighted by Crippen LogP contribution is 2.34. The number of ether oxygens (including phenoxy) is 1. The predicted molar refractivity (Wildman–Crippen MR) is 136 cm³/mol. The summed E-state index contributed by atoms with van der Waals surface area (Å²) < 4.78 is 33.6. The molecule has 4 aromatic heterocycles. The van der Waals surface area contributed by atoms with E-state index in [0.717, 1.165) is 29.2 Å². The van der Waals surface area contributed by atoms with E-state index in [2.05, 4.69) is 31.7 Å². The zero-order valence-corrected chi connectivity index (χ0v) is 22.0. The smallest absolute Gasteiger partial charge is 0.394 e. The van der Waals surface area contributed by atoms with Crippen LogP contribution in [0.3, 0.4) is 0 Å². The second-order valence-electron chi connectivity index (χ2n) is 8.46. The summed E-state index contributed by atoms with van der Waals surface area (Å²) in [6, 6.07) is 5.59. The van der Waals surface area contributed by atoms with Crippen LogP contribution in [0.2, 0.25) is 0 Å². The predicted octanol–water partition coefficient (Wildman–Crippen LogP) is 2.29. The number of likely N-dealkylation sites (N-methyl/N-ethyl adjacent to an activating group) is 1. The summed E-state index contributed by atoms with van der Waals surface area (Å²) in [5.41, 5.74) is -0.103. The summed E-state index contributed by atoms with van der Waals surface area (Å²) >= 11 is 1.01. The number of rotatable bonds is 8. The zero-order valence-electron chi connectivity index (χ0n) is 21.2. The lowest BCUT2D eigenvalue weighted by atomic mass is 10.0. The van der Waals surface area contributed by atoms with E-state index in [1.165, 1.54) is 34.9 Å². The summed E-state index contributed by atoms with van der Waals surface area (Å²) in [5, 5.41) is 10.9. The van der Waals surface area contributed by atoms with E-state index >= 15 is 0 Å². The molecule has 0 spiro atoms. The number of pyridine rings is 2. The zero-order chi connectivity index (χ0) is 28.3. The lowest BCUT2D eigenvalue weighted by molar-refractivity contribution is -0.290. The third-order valence-corrected chi connectivity index (χ3v) is 6.32. The third-order valence-electron chi connectivity index (χ3n) is 5.48. The van der Waals surface area contributed by atoms with Crippen LogP contribution >= 0.6 is 11.3 Å². The Bertz CT molecular complexity index is 1600. The van der Waals surface area contributed by atoms with Gasteiger partial charge in [-0.1, -0.05) is 11.3 Å². The molecule has 0 saturated carbocycles. The van der Waals surface area contributed by atoms with Crippen LogP contribution in [-0.4, -0.2) is 57.7 Å². The van der Waals surface area contributed by atoms with E-state index in [-0.39, 0.29) is 51.3 Å². The highest BCUT2D eigenvalue weighted by Gasteiger charge is 2.25. The maximum absolute atomic E-state index is 13.5. The van der Waals surface area contributed by atoms with Gasteiger partial charge in [-0.05, 0) is 24.6 Å². The molecule has 0 aliphatic heterocycles. The number of carbonyl (C=O) groups excluding carboxylic acids is 2. The molecule has 0 bridgehead atoms. The summed E-state index contributed by atoms with van der Waals surface area (Å²) in [4.78, 5) is 47.2. The van der Waals surface area contributed by atoms with E-state index in [9.17, 15) is 23.2 Å². The maximum Gasteiger partial charge on any atom is 0.394 e. The first-order chi connectivity index (χ1) is 18.6. The number of amides is 2. The normalized spacial score (nSPS) is 10.7. The average Bonchev–Trinajstić information content (AvgIpc) is 3.34. The molecule has 0 atom stereocenters. The van der Waals surface area contributed by atoms with Crippen LogP contribution in [0.5, 0.6) is 5.75 Å². The van der Waals surface area contributed by atoms with E-state index in [1.54, 1.807) is 27.1 Å². The van der Waals surface area contributed by atoms with Crippen LogP contribution in [0, 0.1) is 13.1 Å². The van der Waals surface area contributed by atoms with Crippen molar-refractivity contribution in [2.75, 3.05) is 26.5 Å². The second kappa shape index (κ2) is 11.3. The van der Waals surface area contributed by atoms with Gasteiger partial charge < -0.3 is 9.64 Å². The van der Waals surface area contributed by atoms with E-state index < -0.39 is 18.0 Å². The fraction of sp³-hybridized carbons (Fsp3) is 0.240. The standard InChI is InChI=1S/C25H21F2N7O4S/c1-13-5-6-34(22(36)7-13)19-9-14(15-8-17(23(26)27)28-12-18(15)38-4)16(11-29-19)24(37)30-25-32-31-20(39-25)10-21(35)33(2)3/h5-9,12,23H,10H2,1-4H3/p+1. The van der Waals surface area contributed by atoms with Crippen molar-refractivity contribution < 1.29 is 28.1 Å². The molecule has 39 heavy (non-hydrogen) atoms. The Hall–Kier alpha value is -4.77. The second-order valence-corrected chi connectivity index (χ2v) is 9.52. The van der Waals surface area contributed by atoms with Crippen molar-refractivity contribution in [1.29, 1.82) is 0 Å². The molecule has 4 aromatic rings. The molecule has 14 heteroatoms. The Morgan fingerprint density at radius 1 is 1.23 bits per heavy atom. The summed E-state index contributed by atoms with van der Waals surface area (Å²) in [5.74, 6) is -0.704. The van der Waals surface area contributed by atoms with Crippen LogP contribution < -0.4 is 20.6 Å². The minimum atomic E-state index is -2.89. The van der Waals surface area contributed by atoms with Crippen LogP contribution in [0.1, 0.15) is 33.0 Å². The first kappa shape index (κ1) is 27.3. The molecule has 0 radical (unpaired) electrons. The number of nitrogens with zero attached hydrogens (tertiary/aromatic N) is 6. The Morgan fingerprint density at radius 2 is 2.00 bits per heavy atom. The number of aryl methyl sites for hydroxylation is 1. The number of hydrogen-bond donors (Lipinski definition) is 1. The SMILES string of the molecule is COc1cnc(C(F)F)cc1-c1cc(-n2ccc(C)cc2=O)[n+]#cc1C(=O)Nc1nnc(CC(=O)N(C)C)s1. The van der Waals surface area contributed by atoms with E-state index in [4.69, 9.17) is 4.74 Å². The Labute approximate surface area is 225 Å². The molecule has 0 fully saturated rings. The van der Waals surface area contributed by atoms with Crippen molar-refractivity contribution in [3.8, 4) is 22.7 Å². The van der Waals surface area contributed by atoms with Gasteiger partial charge in [-0.2, -0.15) is 9.55 Å². The number of hydrogen-bond acceptors (Lipinski definition) is 8. The van der Waals surface area contributed by atoms with Crippen molar-refractivity contribution in [3.63, 3.8) is 0 Å². The molecule has 200 valence electrons. The number of anilines is 1. The van der Waals surface area contributed by atoms with Crippen molar-refractivity contribution in [3.05, 3.63) is 75.0 Å². The Balaban J connectivity index is 1.79.